The number of nitro groups is 1. The average molecular weight is 296 g/mol. The third-order valence-electron chi connectivity index (χ3n) is 3.03. The lowest BCUT2D eigenvalue weighted by atomic mass is 10.2. The lowest BCUT2D eigenvalue weighted by molar-refractivity contribution is -0.385. The Hall–Kier alpha value is -1.82. The molecule has 1 rings (SSSR count). The number of nitrogens with one attached hydrogen (secondary N) is 1. The maximum atomic E-state index is 10.9. The van der Waals surface area contributed by atoms with Crippen LogP contribution in [0.2, 0.25) is 0 Å². The van der Waals surface area contributed by atoms with Gasteiger partial charge in [-0.15, -0.1) is 0 Å². The summed E-state index contributed by atoms with van der Waals surface area (Å²) in [6, 6.07) is 4.85. The molecule has 118 valence electrons. The molecule has 0 aliphatic heterocycles. The minimum atomic E-state index is -0.427. The molecule has 0 aliphatic carbocycles. The zero-order valence-corrected chi connectivity index (χ0v) is 12.5. The Bertz CT molecular complexity index is 438. The predicted octanol–water partition coefficient (Wildman–Crippen LogP) is 3.35. The van der Waals surface area contributed by atoms with Crippen LogP contribution in [0.3, 0.4) is 0 Å². The van der Waals surface area contributed by atoms with Gasteiger partial charge in [-0.1, -0.05) is 19.8 Å². The second kappa shape index (κ2) is 9.99. The van der Waals surface area contributed by atoms with E-state index in [1.807, 2.05) is 6.92 Å². The van der Waals surface area contributed by atoms with Gasteiger partial charge in [-0.3, -0.25) is 10.1 Å². The molecular weight excluding hydrogens is 272 g/mol. The van der Waals surface area contributed by atoms with E-state index in [9.17, 15) is 10.1 Å². The van der Waals surface area contributed by atoms with Crippen LogP contribution in [-0.2, 0) is 0 Å². The van der Waals surface area contributed by atoms with E-state index in [4.69, 9.17) is 9.84 Å². The van der Waals surface area contributed by atoms with Gasteiger partial charge in [0.2, 0.25) is 0 Å². The fraction of sp³-hybridized carbons (Fsp3) is 0.600. The second-order valence-corrected chi connectivity index (χ2v) is 4.85. The van der Waals surface area contributed by atoms with Crippen molar-refractivity contribution in [2.45, 2.75) is 39.0 Å². The van der Waals surface area contributed by atoms with E-state index in [-0.39, 0.29) is 12.3 Å². The van der Waals surface area contributed by atoms with Crippen LogP contribution >= 0.6 is 0 Å². The average Bonchev–Trinajstić information content (AvgIpc) is 2.48. The zero-order chi connectivity index (χ0) is 15.5. The van der Waals surface area contributed by atoms with Gasteiger partial charge < -0.3 is 15.2 Å². The highest BCUT2D eigenvalue weighted by Crippen LogP contribution is 2.30. The molecule has 0 fully saturated rings. The van der Waals surface area contributed by atoms with E-state index in [1.54, 1.807) is 12.1 Å². The maximum Gasteiger partial charge on any atom is 0.311 e. The van der Waals surface area contributed by atoms with Gasteiger partial charge in [0, 0.05) is 31.0 Å². The van der Waals surface area contributed by atoms with Gasteiger partial charge in [-0.25, -0.2) is 0 Å². The first-order valence-corrected chi connectivity index (χ1v) is 7.45. The smallest absolute Gasteiger partial charge is 0.311 e. The molecule has 0 spiro atoms. The summed E-state index contributed by atoms with van der Waals surface area (Å²) in [5.74, 6) is 0.312. The molecule has 6 nitrogen and oxygen atoms in total. The number of aliphatic hydroxyl groups is 1. The number of aliphatic hydroxyl groups excluding tert-OH is 1. The SMILES string of the molecule is CCCOc1cc(NCCCCCCO)ccc1[N+](=O)[O-]. The highest BCUT2D eigenvalue weighted by atomic mass is 16.6. The van der Waals surface area contributed by atoms with Gasteiger partial charge in [0.05, 0.1) is 11.5 Å². The Kier molecular flexibility index (Phi) is 8.19. The van der Waals surface area contributed by atoms with E-state index in [2.05, 4.69) is 5.32 Å². The molecule has 0 heterocycles. The molecule has 6 heteroatoms. The maximum absolute atomic E-state index is 10.9. The van der Waals surface area contributed by atoms with E-state index in [0.717, 1.165) is 44.3 Å². The number of rotatable bonds is 11. The van der Waals surface area contributed by atoms with E-state index in [1.165, 1.54) is 6.07 Å². The molecule has 0 amide bonds. The van der Waals surface area contributed by atoms with Crippen molar-refractivity contribution < 1.29 is 14.8 Å². The molecule has 0 unspecified atom stereocenters. The summed E-state index contributed by atoms with van der Waals surface area (Å²) >= 11 is 0. The highest BCUT2D eigenvalue weighted by Gasteiger charge is 2.15. The monoisotopic (exact) mass is 296 g/mol. The van der Waals surface area contributed by atoms with Crippen molar-refractivity contribution in [2.24, 2.45) is 0 Å². The molecule has 0 saturated heterocycles. The lowest BCUT2D eigenvalue weighted by Crippen LogP contribution is -2.04. The fourth-order valence-electron chi connectivity index (χ4n) is 1.93. The van der Waals surface area contributed by atoms with Crippen molar-refractivity contribution in [3.8, 4) is 5.75 Å². The lowest BCUT2D eigenvalue weighted by Gasteiger charge is -2.10. The first-order valence-electron chi connectivity index (χ1n) is 7.45. The van der Waals surface area contributed by atoms with E-state index >= 15 is 0 Å². The third-order valence-corrected chi connectivity index (χ3v) is 3.03. The summed E-state index contributed by atoms with van der Waals surface area (Å²) in [6.45, 7) is 3.47. The summed E-state index contributed by atoms with van der Waals surface area (Å²) in [4.78, 5) is 10.5. The summed E-state index contributed by atoms with van der Waals surface area (Å²) < 4.78 is 5.44. The molecule has 1 aromatic carbocycles. The molecule has 0 bridgehead atoms. The minimum Gasteiger partial charge on any atom is -0.487 e. The summed E-state index contributed by atoms with van der Waals surface area (Å²) in [5.41, 5.74) is 0.825. The molecule has 0 aliphatic rings. The normalized spacial score (nSPS) is 10.4. The fourth-order valence-corrected chi connectivity index (χ4v) is 1.93. The van der Waals surface area contributed by atoms with Gasteiger partial charge in [0.15, 0.2) is 5.75 Å². The third kappa shape index (κ3) is 6.44. The van der Waals surface area contributed by atoms with Crippen molar-refractivity contribution >= 4 is 11.4 Å². The van der Waals surface area contributed by atoms with Crippen LogP contribution in [0.5, 0.6) is 5.75 Å². The standard InChI is InChI=1S/C15H24N2O4/c1-2-11-21-15-12-13(7-8-14(15)17(19)20)16-9-5-3-4-6-10-18/h7-8,12,16,18H,2-6,9-11H2,1H3. The number of nitro benzene ring substituents is 1. The molecule has 1 aromatic rings. The second-order valence-electron chi connectivity index (χ2n) is 4.85. The van der Waals surface area contributed by atoms with Crippen LogP contribution in [0.4, 0.5) is 11.4 Å². The van der Waals surface area contributed by atoms with Crippen LogP contribution in [0.1, 0.15) is 39.0 Å². The molecule has 2 N–H and O–H groups in total. The first-order chi connectivity index (χ1) is 10.2. The summed E-state index contributed by atoms with van der Waals surface area (Å²) in [6.07, 6.45) is 4.72. The minimum absolute atomic E-state index is 0.00283. The quantitative estimate of drug-likeness (QED) is 0.371. The van der Waals surface area contributed by atoms with E-state index < -0.39 is 4.92 Å². The van der Waals surface area contributed by atoms with Crippen LogP contribution in [-0.4, -0.2) is 29.8 Å². The Morgan fingerprint density at radius 1 is 1.29 bits per heavy atom. The number of nitrogens with zero attached hydrogens (tertiary/aromatic N) is 1. The van der Waals surface area contributed by atoms with Crippen molar-refractivity contribution in [1.82, 2.24) is 0 Å². The van der Waals surface area contributed by atoms with Crippen LogP contribution in [0, 0.1) is 10.1 Å². The van der Waals surface area contributed by atoms with Gasteiger partial charge in [-0.05, 0) is 25.3 Å². The highest BCUT2D eigenvalue weighted by molar-refractivity contribution is 5.57. The van der Waals surface area contributed by atoms with E-state index in [0.29, 0.717) is 12.4 Å². The zero-order valence-electron chi connectivity index (χ0n) is 12.5. The predicted molar refractivity (Wildman–Crippen MR) is 82.9 cm³/mol. The van der Waals surface area contributed by atoms with Crippen LogP contribution in [0.25, 0.3) is 0 Å². The molecule has 0 aromatic heterocycles. The Balaban J connectivity index is 2.52. The molecule has 0 saturated carbocycles. The van der Waals surface area contributed by atoms with Gasteiger partial charge in [0.1, 0.15) is 0 Å². The number of benzene rings is 1. The Morgan fingerprint density at radius 2 is 2.05 bits per heavy atom. The van der Waals surface area contributed by atoms with Crippen molar-refractivity contribution in [1.29, 1.82) is 0 Å². The van der Waals surface area contributed by atoms with Crippen molar-refractivity contribution in [3.05, 3.63) is 28.3 Å². The summed E-state index contributed by atoms with van der Waals surface area (Å²) in [5, 5.41) is 22.9. The van der Waals surface area contributed by atoms with Gasteiger partial charge in [0.25, 0.3) is 0 Å². The first kappa shape index (κ1) is 17.2. The van der Waals surface area contributed by atoms with Crippen LogP contribution < -0.4 is 10.1 Å². The Labute approximate surface area is 125 Å². The molecular formula is C15H24N2O4. The summed E-state index contributed by atoms with van der Waals surface area (Å²) in [7, 11) is 0. The number of hydrogen-bond acceptors (Lipinski definition) is 5. The largest absolute Gasteiger partial charge is 0.487 e. The number of hydrogen-bond donors (Lipinski definition) is 2. The van der Waals surface area contributed by atoms with Gasteiger partial charge >= 0.3 is 5.69 Å². The van der Waals surface area contributed by atoms with Crippen LogP contribution in [0.15, 0.2) is 18.2 Å². The number of unbranched alkanes of at least 4 members (excludes halogenated alkanes) is 3. The molecule has 21 heavy (non-hydrogen) atoms. The number of anilines is 1. The Morgan fingerprint density at radius 3 is 2.71 bits per heavy atom. The molecule has 0 atom stereocenters. The topological polar surface area (TPSA) is 84.6 Å². The molecule has 0 radical (unpaired) electrons. The van der Waals surface area contributed by atoms with Gasteiger partial charge in [-0.2, -0.15) is 0 Å². The van der Waals surface area contributed by atoms with Crippen molar-refractivity contribution in [3.63, 3.8) is 0 Å². The van der Waals surface area contributed by atoms with Crippen molar-refractivity contribution in [2.75, 3.05) is 25.1 Å². The number of ether oxygens (including phenoxy) is 1.